The van der Waals surface area contributed by atoms with Crippen LogP contribution in [-0.4, -0.2) is 41.3 Å². The van der Waals surface area contributed by atoms with E-state index in [4.69, 9.17) is 9.15 Å². The Morgan fingerprint density at radius 2 is 2.24 bits per heavy atom. The number of likely N-dealkylation sites (tertiary alicyclic amines) is 1. The zero-order valence-electron chi connectivity index (χ0n) is 14.8. The topological polar surface area (TPSA) is 58.7 Å². The van der Waals surface area contributed by atoms with Crippen LogP contribution in [0.3, 0.4) is 0 Å². The molecule has 1 aromatic heterocycles. The number of halogens is 1. The van der Waals surface area contributed by atoms with Crippen molar-refractivity contribution in [1.82, 2.24) is 9.88 Å². The summed E-state index contributed by atoms with van der Waals surface area (Å²) in [5, 5.41) is 9.28. The molecule has 1 aliphatic rings. The summed E-state index contributed by atoms with van der Waals surface area (Å²) in [5.41, 5.74) is 1.58. The summed E-state index contributed by atoms with van der Waals surface area (Å²) < 4.78 is 24.4. The largest absolute Gasteiger partial charge is 0.494 e. The van der Waals surface area contributed by atoms with E-state index in [9.17, 15) is 9.50 Å². The first-order valence-electron chi connectivity index (χ1n) is 8.77. The van der Waals surface area contributed by atoms with Crippen LogP contribution < -0.4 is 4.74 Å². The van der Waals surface area contributed by atoms with Gasteiger partial charge in [-0.05, 0) is 50.9 Å². The van der Waals surface area contributed by atoms with E-state index in [2.05, 4.69) is 9.88 Å². The Kier molecular flexibility index (Phi) is 5.71. The molecular weight excluding hydrogens is 323 g/mol. The highest BCUT2D eigenvalue weighted by molar-refractivity contribution is 5.56. The number of ether oxygens (including phenoxy) is 1. The van der Waals surface area contributed by atoms with Crippen LogP contribution in [0, 0.1) is 12.7 Å². The molecule has 6 heteroatoms. The zero-order valence-corrected chi connectivity index (χ0v) is 14.8. The highest BCUT2D eigenvalue weighted by Crippen LogP contribution is 2.29. The van der Waals surface area contributed by atoms with Crippen molar-refractivity contribution in [2.45, 2.75) is 45.2 Å². The summed E-state index contributed by atoms with van der Waals surface area (Å²) in [6, 6.07) is 4.99. The van der Waals surface area contributed by atoms with E-state index in [1.54, 1.807) is 12.1 Å². The molecule has 1 aromatic carbocycles. The van der Waals surface area contributed by atoms with Gasteiger partial charge in [0.15, 0.2) is 11.6 Å². The van der Waals surface area contributed by atoms with Gasteiger partial charge in [-0.25, -0.2) is 9.37 Å². The van der Waals surface area contributed by atoms with Crippen molar-refractivity contribution in [2.75, 3.05) is 20.3 Å². The standard InChI is InChI=1S/C19H25FN2O3/c1-13-17(12-22-9-4-3-5-15(22)8-10-23)21-19(25-13)14-6-7-16(20)18(11-14)24-2/h6-7,11,15,23H,3-5,8-10,12H2,1-2H3/t15-/m0/s1. The Labute approximate surface area is 147 Å². The highest BCUT2D eigenvalue weighted by Gasteiger charge is 2.24. The molecule has 1 N–H and O–H groups in total. The van der Waals surface area contributed by atoms with Crippen LogP contribution in [0.15, 0.2) is 22.6 Å². The number of aromatic nitrogens is 1. The number of aryl methyl sites for hydroxylation is 1. The van der Waals surface area contributed by atoms with Crippen LogP contribution >= 0.6 is 0 Å². The minimum Gasteiger partial charge on any atom is -0.494 e. The van der Waals surface area contributed by atoms with E-state index in [1.807, 2.05) is 6.92 Å². The number of methoxy groups -OCH3 is 1. The Bertz CT molecular complexity index is 715. The molecule has 1 aliphatic heterocycles. The number of benzene rings is 1. The number of piperidine rings is 1. The summed E-state index contributed by atoms with van der Waals surface area (Å²) in [7, 11) is 1.44. The normalized spacial score (nSPS) is 18.5. The third-order valence-corrected chi connectivity index (χ3v) is 4.85. The maximum atomic E-state index is 13.6. The second-order valence-electron chi connectivity index (χ2n) is 6.50. The maximum absolute atomic E-state index is 13.6. The van der Waals surface area contributed by atoms with Crippen LogP contribution in [0.5, 0.6) is 5.75 Å². The van der Waals surface area contributed by atoms with Crippen LogP contribution in [0.2, 0.25) is 0 Å². The number of hydrogen-bond donors (Lipinski definition) is 1. The SMILES string of the molecule is COc1cc(-c2nc(CN3CCCC[C@H]3CCO)c(C)o2)ccc1F. The zero-order chi connectivity index (χ0) is 17.8. The summed E-state index contributed by atoms with van der Waals surface area (Å²) in [5.74, 6) is 1.01. The lowest BCUT2D eigenvalue weighted by Gasteiger charge is -2.35. The van der Waals surface area contributed by atoms with Crippen molar-refractivity contribution in [3.05, 3.63) is 35.5 Å². The molecule has 2 aromatic rings. The first-order valence-corrected chi connectivity index (χ1v) is 8.77. The molecule has 0 unspecified atom stereocenters. The molecule has 25 heavy (non-hydrogen) atoms. The lowest BCUT2D eigenvalue weighted by atomic mass is 9.99. The summed E-state index contributed by atoms with van der Waals surface area (Å²) in [6.07, 6.45) is 4.28. The van der Waals surface area contributed by atoms with Gasteiger partial charge in [-0.1, -0.05) is 6.42 Å². The molecule has 0 spiro atoms. The molecule has 5 nitrogen and oxygen atoms in total. The molecule has 2 heterocycles. The number of nitrogens with zero attached hydrogens (tertiary/aromatic N) is 2. The number of aliphatic hydroxyl groups excluding tert-OH is 1. The molecule has 1 saturated heterocycles. The first-order chi connectivity index (χ1) is 12.1. The molecule has 1 atom stereocenters. The van der Waals surface area contributed by atoms with Gasteiger partial charge in [-0.3, -0.25) is 4.90 Å². The van der Waals surface area contributed by atoms with Gasteiger partial charge >= 0.3 is 0 Å². The summed E-state index contributed by atoms with van der Waals surface area (Å²) >= 11 is 0. The fourth-order valence-corrected chi connectivity index (χ4v) is 3.43. The van der Waals surface area contributed by atoms with Gasteiger partial charge in [0.25, 0.3) is 0 Å². The Hall–Kier alpha value is -1.92. The third-order valence-electron chi connectivity index (χ3n) is 4.85. The van der Waals surface area contributed by atoms with E-state index in [1.165, 1.54) is 26.0 Å². The molecule has 0 bridgehead atoms. The lowest BCUT2D eigenvalue weighted by molar-refractivity contribution is 0.111. The van der Waals surface area contributed by atoms with Crippen molar-refractivity contribution in [2.24, 2.45) is 0 Å². The van der Waals surface area contributed by atoms with Crippen molar-refractivity contribution in [1.29, 1.82) is 0 Å². The smallest absolute Gasteiger partial charge is 0.226 e. The van der Waals surface area contributed by atoms with Gasteiger partial charge in [-0.15, -0.1) is 0 Å². The summed E-state index contributed by atoms with van der Waals surface area (Å²) in [4.78, 5) is 7.00. The molecular formula is C19H25FN2O3. The number of rotatable bonds is 6. The lowest BCUT2D eigenvalue weighted by Crippen LogP contribution is -2.39. The first kappa shape index (κ1) is 17.9. The van der Waals surface area contributed by atoms with E-state index >= 15 is 0 Å². The molecule has 1 fully saturated rings. The molecule has 3 rings (SSSR count). The Balaban J connectivity index is 1.80. The Morgan fingerprint density at radius 1 is 1.40 bits per heavy atom. The highest BCUT2D eigenvalue weighted by atomic mass is 19.1. The van der Waals surface area contributed by atoms with Gasteiger partial charge in [-0.2, -0.15) is 0 Å². The Morgan fingerprint density at radius 3 is 3.00 bits per heavy atom. The van der Waals surface area contributed by atoms with Crippen LogP contribution in [0.1, 0.15) is 37.1 Å². The predicted molar refractivity (Wildman–Crippen MR) is 92.9 cm³/mol. The van der Waals surface area contributed by atoms with Gasteiger partial charge in [0.05, 0.1) is 12.8 Å². The van der Waals surface area contributed by atoms with Crippen LogP contribution in [0.4, 0.5) is 4.39 Å². The fraction of sp³-hybridized carbons (Fsp3) is 0.526. The van der Waals surface area contributed by atoms with E-state index in [-0.39, 0.29) is 12.4 Å². The van der Waals surface area contributed by atoms with Crippen LogP contribution in [-0.2, 0) is 6.54 Å². The predicted octanol–water partition coefficient (Wildman–Crippen LogP) is 3.53. The van der Waals surface area contributed by atoms with E-state index < -0.39 is 5.82 Å². The third kappa shape index (κ3) is 4.02. The summed E-state index contributed by atoms with van der Waals surface area (Å²) in [6.45, 7) is 3.83. The number of aliphatic hydroxyl groups is 1. The second-order valence-corrected chi connectivity index (χ2v) is 6.50. The quantitative estimate of drug-likeness (QED) is 0.865. The second kappa shape index (κ2) is 7.97. The van der Waals surface area contributed by atoms with Gasteiger partial charge in [0.2, 0.25) is 5.89 Å². The minimum absolute atomic E-state index is 0.175. The van der Waals surface area contributed by atoms with Gasteiger partial charge in [0, 0.05) is 24.8 Å². The molecule has 136 valence electrons. The van der Waals surface area contributed by atoms with E-state index in [0.29, 0.717) is 24.0 Å². The minimum atomic E-state index is -0.407. The molecule has 0 radical (unpaired) electrons. The van der Waals surface area contributed by atoms with Gasteiger partial charge < -0.3 is 14.3 Å². The van der Waals surface area contributed by atoms with Crippen LogP contribution in [0.25, 0.3) is 11.5 Å². The molecule has 0 amide bonds. The number of hydrogen-bond acceptors (Lipinski definition) is 5. The van der Waals surface area contributed by atoms with Crippen molar-refractivity contribution in [3.63, 3.8) is 0 Å². The number of oxazole rings is 1. The van der Waals surface area contributed by atoms with Crippen molar-refractivity contribution in [3.8, 4) is 17.2 Å². The van der Waals surface area contributed by atoms with E-state index in [0.717, 1.165) is 30.8 Å². The van der Waals surface area contributed by atoms with Gasteiger partial charge in [0.1, 0.15) is 5.76 Å². The van der Waals surface area contributed by atoms with Crippen molar-refractivity contribution >= 4 is 0 Å². The molecule has 0 saturated carbocycles. The average Bonchev–Trinajstić information content (AvgIpc) is 2.98. The molecule has 0 aliphatic carbocycles. The average molecular weight is 348 g/mol. The van der Waals surface area contributed by atoms with Crippen molar-refractivity contribution < 1.29 is 18.7 Å². The fourth-order valence-electron chi connectivity index (χ4n) is 3.43. The maximum Gasteiger partial charge on any atom is 0.226 e. The monoisotopic (exact) mass is 348 g/mol.